The Kier molecular flexibility index (Phi) is 7.60. The number of pyridine rings is 1. The summed E-state index contributed by atoms with van der Waals surface area (Å²) in [5.74, 6) is -1.03. The molecule has 0 fully saturated rings. The van der Waals surface area contributed by atoms with Crippen molar-refractivity contribution in [3.05, 3.63) is 24.0 Å². The molecule has 112 valence electrons. The highest BCUT2D eigenvalue weighted by Crippen LogP contribution is 2.14. The van der Waals surface area contributed by atoms with E-state index >= 15 is 0 Å². The Balaban J connectivity index is 2.73. The van der Waals surface area contributed by atoms with Crippen molar-refractivity contribution >= 4 is 11.7 Å². The second-order valence-electron chi connectivity index (χ2n) is 4.09. The van der Waals surface area contributed by atoms with Crippen molar-refractivity contribution < 1.29 is 19.4 Å². The molecular weight excluding hydrogens is 260 g/mol. The van der Waals surface area contributed by atoms with Crippen LogP contribution < -0.4 is 4.90 Å². The zero-order valence-electron chi connectivity index (χ0n) is 12.0. The summed E-state index contributed by atoms with van der Waals surface area (Å²) >= 11 is 0. The van der Waals surface area contributed by atoms with Crippen LogP contribution in [-0.4, -0.2) is 55.6 Å². The summed E-state index contributed by atoms with van der Waals surface area (Å²) in [6, 6.07) is 3.37. The molecule has 0 atom stereocenters. The fraction of sp³-hybridized carbons (Fsp3) is 0.571. The fourth-order valence-corrected chi connectivity index (χ4v) is 1.74. The van der Waals surface area contributed by atoms with Gasteiger partial charge < -0.3 is 19.5 Å². The van der Waals surface area contributed by atoms with Crippen LogP contribution in [0, 0.1) is 0 Å². The van der Waals surface area contributed by atoms with Gasteiger partial charge in [-0.2, -0.15) is 0 Å². The van der Waals surface area contributed by atoms with Gasteiger partial charge >= 0.3 is 5.97 Å². The zero-order valence-corrected chi connectivity index (χ0v) is 12.0. The van der Waals surface area contributed by atoms with Gasteiger partial charge in [0.25, 0.3) is 0 Å². The number of hydrogen-bond donors (Lipinski definition) is 1. The van der Waals surface area contributed by atoms with Gasteiger partial charge in [-0.05, 0) is 26.0 Å². The van der Waals surface area contributed by atoms with Crippen LogP contribution in [0.5, 0.6) is 0 Å². The third-order valence-electron chi connectivity index (χ3n) is 2.75. The van der Waals surface area contributed by atoms with Gasteiger partial charge in [-0.1, -0.05) is 0 Å². The lowest BCUT2D eigenvalue weighted by atomic mass is 10.3. The van der Waals surface area contributed by atoms with Gasteiger partial charge in [0, 0.05) is 38.2 Å². The standard InChI is InChI=1S/C14H22N2O4/c1-3-19-9-7-16(8-10-20-4-2)12-5-6-15-13(11-12)14(17)18/h5-6,11H,3-4,7-10H2,1-2H3,(H,17,18). The minimum absolute atomic E-state index is 0.0420. The molecule has 1 N–H and O–H groups in total. The second-order valence-corrected chi connectivity index (χ2v) is 4.09. The van der Waals surface area contributed by atoms with Gasteiger partial charge in [0.05, 0.1) is 13.2 Å². The molecule has 6 heteroatoms. The van der Waals surface area contributed by atoms with Crippen molar-refractivity contribution in [2.75, 3.05) is 44.4 Å². The lowest BCUT2D eigenvalue weighted by molar-refractivity contribution is 0.0690. The lowest BCUT2D eigenvalue weighted by Gasteiger charge is -2.24. The van der Waals surface area contributed by atoms with Crippen LogP contribution in [0.1, 0.15) is 24.3 Å². The van der Waals surface area contributed by atoms with Gasteiger partial charge in [-0.3, -0.25) is 0 Å². The summed E-state index contributed by atoms with van der Waals surface area (Å²) in [4.78, 5) is 16.8. The molecule has 1 aromatic heterocycles. The van der Waals surface area contributed by atoms with E-state index in [1.807, 2.05) is 18.7 Å². The Bertz CT molecular complexity index is 402. The highest BCUT2D eigenvalue weighted by atomic mass is 16.5. The van der Waals surface area contributed by atoms with Gasteiger partial charge in [0.2, 0.25) is 0 Å². The maximum absolute atomic E-state index is 11.0. The van der Waals surface area contributed by atoms with E-state index in [0.717, 1.165) is 5.69 Å². The highest BCUT2D eigenvalue weighted by Gasteiger charge is 2.10. The average molecular weight is 282 g/mol. The molecule has 0 radical (unpaired) electrons. The quantitative estimate of drug-likeness (QED) is 0.658. The van der Waals surface area contributed by atoms with E-state index in [1.165, 1.54) is 6.20 Å². The van der Waals surface area contributed by atoms with Gasteiger partial charge in [-0.15, -0.1) is 0 Å². The van der Waals surface area contributed by atoms with Crippen LogP contribution in [0.3, 0.4) is 0 Å². The molecular formula is C14H22N2O4. The summed E-state index contributed by atoms with van der Waals surface area (Å²) in [7, 11) is 0. The number of rotatable bonds is 10. The summed E-state index contributed by atoms with van der Waals surface area (Å²) in [5, 5.41) is 8.99. The number of aromatic nitrogens is 1. The molecule has 0 aliphatic heterocycles. The molecule has 0 saturated heterocycles. The largest absolute Gasteiger partial charge is 0.477 e. The van der Waals surface area contributed by atoms with E-state index in [-0.39, 0.29) is 5.69 Å². The van der Waals surface area contributed by atoms with Crippen LogP contribution >= 0.6 is 0 Å². The number of carbonyl (C=O) groups is 1. The first kappa shape index (κ1) is 16.4. The molecule has 0 aromatic carbocycles. The first-order valence-electron chi connectivity index (χ1n) is 6.78. The average Bonchev–Trinajstić information content (AvgIpc) is 2.46. The number of carboxylic acids is 1. The highest BCUT2D eigenvalue weighted by molar-refractivity contribution is 5.86. The molecule has 6 nitrogen and oxygen atoms in total. The molecule has 0 aliphatic rings. The predicted octanol–water partition coefficient (Wildman–Crippen LogP) is 1.66. The molecule has 1 rings (SSSR count). The lowest BCUT2D eigenvalue weighted by Crippen LogP contribution is -2.31. The van der Waals surface area contributed by atoms with Crippen molar-refractivity contribution in [2.45, 2.75) is 13.8 Å². The van der Waals surface area contributed by atoms with Crippen LogP contribution in [0.25, 0.3) is 0 Å². The third kappa shape index (κ3) is 5.54. The predicted molar refractivity (Wildman–Crippen MR) is 76.4 cm³/mol. The minimum Gasteiger partial charge on any atom is -0.477 e. The number of aromatic carboxylic acids is 1. The maximum Gasteiger partial charge on any atom is 0.354 e. The number of ether oxygens (including phenoxy) is 2. The maximum atomic E-state index is 11.0. The topological polar surface area (TPSA) is 71.9 Å². The molecule has 0 aliphatic carbocycles. The number of nitrogens with zero attached hydrogens (tertiary/aromatic N) is 2. The van der Waals surface area contributed by atoms with Gasteiger partial charge in [-0.25, -0.2) is 9.78 Å². The van der Waals surface area contributed by atoms with Crippen molar-refractivity contribution in [2.24, 2.45) is 0 Å². The number of hydrogen-bond acceptors (Lipinski definition) is 5. The van der Waals surface area contributed by atoms with E-state index in [9.17, 15) is 4.79 Å². The summed E-state index contributed by atoms with van der Waals surface area (Å²) in [6.45, 7) is 7.76. The Morgan fingerprint density at radius 3 is 2.35 bits per heavy atom. The van der Waals surface area contributed by atoms with E-state index < -0.39 is 5.97 Å². The Hall–Kier alpha value is -1.66. The summed E-state index contributed by atoms with van der Waals surface area (Å²) in [6.07, 6.45) is 1.51. The van der Waals surface area contributed by atoms with Crippen LogP contribution in [0.4, 0.5) is 5.69 Å². The first-order valence-corrected chi connectivity index (χ1v) is 6.78. The summed E-state index contributed by atoms with van der Waals surface area (Å²) < 4.78 is 10.7. The molecule has 1 heterocycles. The monoisotopic (exact) mass is 282 g/mol. The zero-order chi connectivity index (χ0) is 14.8. The smallest absolute Gasteiger partial charge is 0.354 e. The van der Waals surface area contributed by atoms with E-state index in [1.54, 1.807) is 12.1 Å². The van der Waals surface area contributed by atoms with Crippen molar-refractivity contribution in [1.29, 1.82) is 0 Å². The molecule has 20 heavy (non-hydrogen) atoms. The molecule has 0 saturated carbocycles. The molecule has 1 aromatic rings. The molecule has 0 unspecified atom stereocenters. The van der Waals surface area contributed by atoms with Crippen LogP contribution in [0.15, 0.2) is 18.3 Å². The number of carboxylic acid groups (broad SMARTS) is 1. The van der Waals surface area contributed by atoms with Crippen LogP contribution in [0.2, 0.25) is 0 Å². The van der Waals surface area contributed by atoms with Crippen molar-refractivity contribution in [3.63, 3.8) is 0 Å². The van der Waals surface area contributed by atoms with E-state index in [0.29, 0.717) is 39.5 Å². The normalized spacial score (nSPS) is 10.5. The van der Waals surface area contributed by atoms with Gasteiger partial charge in [0.1, 0.15) is 5.69 Å². The van der Waals surface area contributed by atoms with E-state index in [4.69, 9.17) is 14.6 Å². The summed E-state index contributed by atoms with van der Waals surface area (Å²) in [5.41, 5.74) is 0.858. The van der Waals surface area contributed by atoms with Crippen molar-refractivity contribution in [3.8, 4) is 0 Å². The minimum atomic E-state index is -1.03. The van der Waals surface area contributed by atoms with Gasteiger partial charge in [0.15, 0.2) is 0 Å². The van der Waals surface area contributed by atoms with Crippen molar-refractivity contribution in [1.82, 2.24) is 4.98 Å². The molecule has 0 bridgehead atoms. The molecule has 0 spiro atoms. The third-order valence-corrected chi connectivity index (χ3v) is 2.75. The SMILES string of the molecule is CCOCCN(CCOCC)c1ccnc(C(=O)O)c1. The second kappa shape index (κ2) is 9.28. The van der Waals surface area contributed by atoms with E-state index in [2.05, 4.69) is 4.98 Å². The number of anilines is 1. The Labute approximate surface area is 119 Å². The fourth-order valence-electron chi connectivity index (χ4n) is 1.74. The molecule has 0 amide bonds. The first-order chi connectivity index (χ1) is 9.69. The Morgan fingerprint density at radius 1 is 1.25 bits per heavy atom. The Morgan fingerprint density at radius 2 is 1.85 bits per heavy atom. The van der Waals surface area contributed by atoms with Crippen LogP contribution in [-0.2, 0) is 9.47 Å².